The molecule has 19 heavy (non-hydrogen) atoms. The SMILES string of the molecule is CC(C)CNC(=O)CNc1ccc([N+](=O)[O-])cc1F. The summed E-state index contributed by atoms with van der Waals surface area (Å²) in [5.41, 5.74) is -0.266. The Morgan fingerprint density at radius 3 is 2.68 bits per heavy atom. The molecule has 0 bridgehead atoms. The maximum absolute atomic E-state index is 13.5. The zero-order chi connectivity index (χ0) is 14.4. The topological polar surface area (TPSA) is 84.3 Å². The average molecular weight is 269 g/mol. The Hall–Kier alpha value is -2.18. The number of nitrogens with one attached hydrogen (secondary N) is 2. The van der Waals surface area contributed by atoms with Gasteiger partial charge in [-0.1, -0.05) is 13.8 Å². The van der Waals surface area contributed by atoms with Crippen LogP contribution in [0, 0.1) is 21.8 Å². The lowest BCUT2D eigenvalue weighted by Crippen LogP contribution is -2.32. The highest BCUT2D eigenvalue weighted by Crippen LogP contribution is 2.20. The van der Waals surface area contributed by atoms with Crippen LogP contribution in [-0.2, 0) is 4.79 Å². The Kier molecular flexibility index (Phi) is 5.23. The third kappa shape index (κ3) is 4.90. The first-order chi connectivity index (χ1) is 8.90. The number of benzene rings is 1. The van der Waals surface area contributed by atoms with Gasteiger partial charge in [-0.25, -0.2) is 4.39 Å². The van der Waals surface area contributed by atoms with Gasteiger partial charge in [-0.05, 0) is 12.0 Å². The van der Waals surface area contributed by atoms with Crippen LogP contribution < -0.4 is 10.6 Å². The number of nitrogens with zero attached hydrogens (tertiary/aromatic N) is 1. The van der Waals surface area contributed by atoms with Crippen molar-refractivity contribution in [1.29, 1.82) is 0 Å². The number of carbonyl (C=O) groups is 1. The van der Waals surface area contributed by atoms with Crippen molar-refractivity contribution in [3.8, 4) is 0 Å². The van der Waals surface area contributed by atoms with Gasteiger partial charge in [0.1, 0.15) is 0 Å². The van der Waals surface area contributed by atoms with Crippen LogP contribution in [0.15, 0.2) is 18.2 Å². The first-order valence-electron chi connectivity index (χ1n) is 5.84. The summed E-state index contributed by atoms with van der Waals surface area (Å²) in [4.78, 5) is 21.2. The van der Waals surface area contributed by atoms with Gasteiger partial charge in [0.2, 0.25) is 5.91 Å². The summed E-state index contributed by atoms with van der Waals surface area (Å²) in [5.74, 6) is -0.683. The number of carbonyl (C=O) groups excluding carboxylic acids is 1. The summed E-state index contributed by atoms with van der Waals surface area (Å²) in [7, 11) is 0. The molecule has 1 rings (SSSR count). The number of rotatable bonds is 6. The van der Waals surface area contributed by atoms with E-state index in [1.54, 1.807) is 0 Å². The fourth-order valence-corrected chi connectivity index (χ4v) is 1.32. The summed E-state index contributed by atoms with van der Waals surface area (Å²) < 4.78 is 13.5. The number of amides is 1. The van der Waals surface area contributed by atoms with Gasteiger partial charge in [0, 0.05) is 12.6 Å². The minimum atomic E-state index is -0.758. The average Bonchev–Trinajstić information content (AvgIpc) is 2.34. The molecule has 0 heterocycles. The van der Waals surface area contributed by atoms with Gasteiger partial charge < -0.3 is 10.6 Å². The van der Waals surface area contributed by atoms with Crippen molar-refractivity contribution in [2.24, 2.45) is 5.92 Å². The number of nitro groups is 1. The first kappa shape index (κ1) is 14.9. The minimum absolute atomic E-state index is 0.0605. The van der Waals surface area contributed by atoms with Gasteiger partial charge in [0.15, 0.2) is 5.82 Å². The zero-order valence-electron chi connectivity index (χ0n) is 10.8. The first-order valence-corrected chi connectivity index (χ1v) is 5.84. The second-order valence-corrected chi connectivity index (χ2v) is 4.47. The molecule has 6 nitrogen and oxygen atoms in total. The van der Waals surface area contributed by atoms with Crippen LogP contribution in [0.4, 0.5) is 15.8 Å². The van der Waals surface area contributed by atoms with Crippen molar-refractivity contribution in [3.63, 3.8) is 0 Å². The highest BCUT2D eigenvalue weighted by molar-refractivity contribution is 5.80. The van der Waals surface area contributed by atoms with Crippen molar-refractivity contribution in [1.82, 2.24) is 5.32 Å². The molecule has 0 unspecified atom stereocenters. The quantitative estimate of drug-likeness (QED) is 0.610. The molecule has 0 fully saturated rings. The summed E-state index contributed by atoms with van der Waals surface area (Å²) in [6.07, 6.45) is 0. The summed E-state index contributed by atoms with van der Waals surface area (Å²) in [5, 5.41) is 15.7. The molecular weight excluding hydrogens is 253 g/mol. The largest absolute Gasteiger partial charge is 0.374 e. The van der Waals surface area contributed by atoms with E-state index in [9.17, 15) is 19.3 Å². The molecule has 1 aromatic carbocycles. The van der Waals surface area contributed by atoms with Gasteiger partial charge in [0.05, 0.1) is 23.2 Å². The Morgan fingerprint density at radius 1 is 1.47 bits per heavy atom. The van der Waals surface area contributed by atoms with Gasteiger partial charge in [-0.15, -0.1) is 0 Å². The maximum Gasteiger partial charge on any atom is 0.272 e. The molecule has 104 valence electrons. The molecule has 0 saturated carbocycles. The lowest BCUT2D eigenvalue weighted by molar-refractivity contribution is -0.385. The molecule has 0 atom stereocenters. The molecule has 0 radical (unpaired) electrons. The third-order valence-corrected chi connectivity index (χ3v) is 2.31. The van der Waals surface area contributed by atoms with Crippen LogP contribution in [0.2, 0.25) is 0 Å². The number of anilines is 1. The van der Waals surface area contributed by atoms with Gasteiger partial charge in [0.25, 0.3) is 5.69 Å². The van der Waals surface area contributed by atoms with Gasteiger partial charge >= 0.3 is 0 Å². The van der Waals surface area contributed by atoms with Crippen molar-refractivity contribution in [2.45, 2.75) is 13.8 Å². The predicted molar refractivity (Wildman–Crippen MR) is 69.4 cm³/mol. The van der Waals surface area contributed by atoms with E-state index in [1.165, 1.54) is 12.1 Å². The van der Waals surface area contributed by atoms with Crippen molar-refractivity contribution >= 4 is 17.3 Å². The van der Waals surface area contributed by atoms with Crippen LogP contribution in [0.1, 0.15) is 13.8 Å². The lowest BCUT2D eigenvalue weighted by atomic mass is 10.2. The Balaban J connectivity index is 2.54. The van der Waals surface area contributed by atoms with Crippen LogP contribution in [0.3, 0.4) is 0 Å². The van der Waals surface area contributed by atoms with E-state index in [2.05, 4.69) is 10.6 Å². The van der Waals surface area contributed by atoms with E-state index in [4.69, 9.17) is 0 Å². The number of non-ortho nitro benzene ring substituents is 1. The van der Waals surface area contributed by atoms with Crippen molar-refractivity contribution < 1.29 is 14.1 Å². The van der Waals surface area contributed by atoms with E-state index >= 15 is 0 Å². The number of hydrogen-bond acceptors (Lipinski definition) is 4. The molecule has 0 saturated heterocycles. The molecular formula is C12H16FN3O3. The summed E-state index contributed by atoms with van der Waals surface area (Å²) >= 11 is 0. The van der Waals surface area contributed by atoms with Crippen LogP contribution in [-0.4, -0.2) is 23.9 Å². The molecule has 0 aliphatic rings. The fourth-order valence-electron chi connectivity index (χ4n) is 1.32. The van der Waals surface area contributed by atoms with E-state index in [1.807, 2.05) is 13.8 Å². The molecule has 0 aliphatic carbocycles. The van der Waals surface area contributed by atoms with E-state index in [0.29, 0.717) is 12.5 Å². The third-order valence-electron chi connectivity index (χ3n) is 2.31. The summed E-state index contributed by atoms with van der Waals surface area (Å²) in [6.45, 7) is 4.39. The van der Waals surface area contributed by atoms with Crippen molar-refractivity contribution in [3.05, 3.63) is 34.1 Å². The molecule has 1 amide bonds. The standard InChI is InChI=1S/C12H16FN3O3/c1-8(2)6-15-12(17)7-14-11-4-3-9(16(18)19)5-10(11)13/h3-5,8,14H,6-7H2,1-2H3,(H,15,17). The molecule has 0 aromatic heterocycles. The van der Waals surface area contributed by atoms with Gasteiger partial charge in [-0.2, -0.15) is 0 Å². The van der Waals surface area contributed by atoms with E-state index in [0.717, 1.165) is 6.07 Å². The maximum atomic E-state index is 13.5. The second-order valence-electron chi connectivity index (χ2n) is 4.47. The minimum Gasteiger partial charge on any atom is -0.374 e. The zero-order valence-corrected chi connectivity index (χ0v) is 10.8. The monoisotopic (exact) mass is 269 g/mol. The molecule has 2 N–H and O–H groups in total. The van der Waals surface area contributed by atoms with Crippen LogP contribution in [0.25, 0.3) is 0 Å². The highest BCUT2D eigenvalue weighted by atomic mass is 19.1. The molecule has 7 heteroatoms. The number of halogens is 1. The second kappa shape index (κ2) is 6.67. The number of nitro benzene ring substituents is 1. The molecule has 0 spiro atoms. The lowest BCUT2D eigenvalue weighted by Gasteiger charge is -2.09. The van der Waals surface area contributed by atoms with E-state index < -0.39 is 10.7 Å². The summed E-state index contributed by atoms with van der Waals surface area (Å²) in [6, 6.07) is 3.23. The van der Waals surface area contributed by atoms with Crippen molar-refractivity contribution in [2.75, 3.05) is 18.4 Å². The molecule has 0 aliphatic heterocycles. The highest BCUT2D eigenvalue weighted by Gasteiger charge is 2.11. The Morgan fingerprint density at radius 2 is 2.16 bits per heavy atom. The Bertz CT molecular complexity index is 477. The van der Waals surface area contributed by atoms with Crippen LogP contribution in [0.5, 0.6) is 0 Å². The van der Waals surface area contributed by atoms with E-state index in [-0.39, 0.29) is 23.8 Å². The van der Waals surface area contributed by atoms with Crippen LogP contribution >= 0.6 is 0 Å². The fraction of sp³-hybridized carbons (Fsp3) is 0.417. The Labute approximate surface area is 110 Å². The molecule has 1 aromatic rings. The normalized spacial score (nSPS) is 10.3. The predicted octanol–water partition coefficient (Wildman–Crippen LogP) is 1.92. The van der Waals surface area contributed by atoms with Gasteiger partial charge in [-0.3, -0.25) is 14.9 Å². The number of hydrogen-bond donors (Lipinski definition) is 2. The smallest absolute Gasteiger partial charge is 0.272 e.